The van der Waals surface area contributed by atoms with Gasteiger partial charge in [0.15, 0.2) is 0 Å². The van der Waals surface area contributed by atoms with E-state index >= 15 is 0 Å². The summed E-state index contributed by atoms with van der Waals surface area (Å²) in [5.41, 5.74) is 0.369. The molecule has 0 saturated heterocycles. The molecule has 0 aliphatic heterocycles. The molecule has 5 nitrogen and oxygen atoms in total. The van der Waals surface area contributed by atoms with E-state index in [0.717, 1.165) is 0 Å². The van der Waals surface area contributed by atoms with Crippen LogP contribution in [-0.4, -0.2) is 23.3 Å². The molecular weight excluding hydrogens is 232 g/mol. The Bertz CT molecular complexity index is 421. The van der Waals surface area contributed by atoms with Crippen LogP contribution in [0.1, 0.15) is 15.9 Å². The first-order chi connectivity index (χ1) is 7.57. The van der Waals surface area contributed by atoms with Gasteiger partial charge in [0.05, 0.1) is 4.92 Å². The number of nitrogens with one attached hydrogen (secondary N) is 1. The Morgan fingerprint density at radius 3 is 2.81 bits per heavy atom. The fraction of sp³-hybridized carbons (Fsp3) is 0.300. The third-order valence-corrected chi connectivity index (χ3v) is 2.23. The molecule has 1 aromatic rings. The zero-order valence-electron chi connectivity index (χ0n) is 8.70. The van der Waals surface area contributed by atoms with Crippen LogP contribution in [0, 0.1) is 17.0 Å². The van der Waals surface area contributed by atoms with Crippen LogP contribution in [0.25, 0.3) is 0 Å². The number of hydrogen-bond acceptors (Lipinski definition) is 3. The molecule has 0 atom stereocenters. The molecule has 86 valence electrons. The van der Waals surface area contributed by atoms with E-state index in [-0.39, 0.29) is 23.7 Å². The molecule has 0 unspecified atom stereocenters. The highest BCUT2D eigenvalue weighted by Crippen LogP contribution is 2.22. The molecule has 0 heterocycles. The molecule has 0 aromatic heterocycles. The first kappa shape index (κ1) is 12.4. The maximum absolute atomic E-state index is 11.6. The van der Waals surface area contributed by atoms with E-state index < -0.39 is 10.8 Å². The fourth-order valence-electron chi connectivity index (χ4n) is 1.34. The normalized spacial score (nSPS) is 9.88. The summed E-state index contributed by atoms with van der Waals surface area (Å²) in [5, 5.41) is 13.3. The van der Waals surface area contributed by atoms with Gasteiger partial charge in [0.2, 0.25) is 0 Å². The summed E-state index contributed by atoms with van der Waals surface area (Å²) in [6, 6.07) is 4.63. The third-order valence-electron chi connectivity index (χ3n) is 2.05. The van der Waals surface area contributed by atoms with Gasteiger partial charge in [-0.05, 0) is 13.0 Å². The SMILES string of the molecule is Cc1cccc(C(=O)NCCCl)c1[N+](=O)[O-]. The Balaban J connectivity index is 3.08. The van der Waals surface area contributed by atoms with E-state index in [1.807, 2.05) is 0 Å². The van der Waals surface area contributed by atoms with Crippen molar-refractivity contribution in [1.82, 2.24) is 5.32 Å². The Morgan fingerprint density at radius 1 is 1.56 bits per heavy atom. The number of rotatable bonds is 4. The number of benzene rings is 1. The molecule has 0 bridgehead atoms. The number of para-hydroxylation sites is 1. The molecule has 0 aliphatic rings. The largest absolute Gasteiger partial charge is 0.351 e. The van der Waals surface area contributed by atoms with E-state index in [4.69, 9.17) is 11.6 Å². The molecule has 16 heavy (non-hydrogen) atoms. The van der Waals surface area contributed by atoms with Gasteiger partial charge in [-0.25, -0.2) is 0 Å². The van der Waals surface area contributed by atoms with E-state index in [1.54, 1.807) is 19.1 Å². The molecule has 6 heteroatoms. The number of carbonyl (C=O) groups is 1. The highest BCUT2D eigenvalue weighted by molar-refractivity contribution is 6.18. The average Bonchev–Trinajstić information content (AvgIpc) is 2.24. The van der Waals surface area contributed by atoms with Gasteiger partial charge >= 0.3 is 0 Å². The zero-order chi connectivity index (χ0) is 12.1. The summed E-state index contributed by atoms with van der Waals surface area (Å²) < 4.78 is 0. The number of halogens is 1. The van der Waals surface area contributed by atoms with Crippen molar-refractivity contribution in [3.05, 3.63) is 39.4 Å². The maximum Gasteiger partial charge on any atom is 0.285 e. The second-order valence-corrected chi connectivity index (χ2v) is 3.55. The van der Waals surface area contributed by atoms with Gasteiger partial charge in [0.1, 0.15) is 5.56 Å². The monoisotopic (exact) mass is 242 g/mol. The Kier molecular flexibility index (Phi) is 4.25. The minimum absolute atomic E-state index is 0.0649. The molecule has 0 aliphatic carbocycles. The summed E-state index contributed by atoms with van der Waals surface area (Å²) in [7, 11) is 0. The van der Waals surface area contributed by atoms with Gasteiger partial charge in [0, 0.05) is 18.0 Å². The fourth-order valence-corrected chi connectivity index (χ4v) is 1.44. The first-order valence-electron chi connectivity index (χ1n) is 4.66. The number of nitro benzene ring substituents is 1. The molecule has 0 fully saturated rings. The van der Waals surface area contributed by atoms with Crippen LogP contribution in [0.4, 0.5) is 5.69 Å². The standard InChI is InChI=1S/C10H11ClN2O3/c1-7-3-2-4-8(9(7)13(15)16)10(14)12-6-5-11/h2-4H,5-6H2,1H3,(H,12,14). The van der Waals surface area contributed by atoms with Gasteiger partial charge in [-0.3, -0.25) is 14.9 Å². The van der Waals surface area contributed by atoms with Gasteiger partial charge in [-0.1, -0.05) is 12.1 Å². The number of alkyl halides is 1. The quantitative estimate of drug-likeness (QED) is 0.498. The summed E-state index contributed by atoms with van der Waals surface area (Å²) >= 11 is 5.42. The average molecular weight is 243 g/mol. The maximum atomic E-state index is 11.6. The highest BCUT2D eigenvalue weighted by atomic mass is 35.5. The first-order valence-corrected chi connectivity index (χ1v) is 5.19. The number of nitro groups is 1. The zero-order valence-corrected chi connectivity index (χ0v) is 9.45. The molecule has 1 N–H and O–H groups in total. The predicted octanol–water partition coefficient (Wildman–Crippen LogP) is 1.87. The van der Waals surface area contributed by atoms with Crippen molar-refractivity contribution in [3.63, 3.8) is 0 Å². The smallest absolute Gasteiger partial charge is 0.285 e. The Hall–Kier alpha value is -1.62. The van der Waals surface area contributed by atoms with E-state index in [0.29, 0.717) is 5.56 Å². The van der Waals surface area contributed by atoms with Gasteiger partial charge in [-0.15, -0.1) is 11.6 Å². The summed E-state index contributed by atoms with van der Waals surface area (Å²) in [5.74, 6) is -0.207. The topological polar surface area (TPSA) is 72.2 Å². The molecule has 0 spiro atoms. The van der Waals surface area contributed by atoms with Crippen molar-refractivity contribution in [2.45, 2.75) is 6.92 Å². The summed E-state index contributed by atoms with van der Waals surface area (Å²) in [6.07, 6.45) is 0. The Morgan fingerprint density at radius 2 is 2.25 bits per heavy atom. The van der Waals surface area contributed by atoms with E-state index in [2.05, 4.69) is 5.32 Å². The number of aryl methyl sites for hydroxylation is 1. The second kappa shape index (κ2) is 5.46. The lowest BCUT2D eigenvalue weighted by molar-refractivity contribution is -0.385. The molecule has 0 radical (unpaired) electrons. The number of hydrogen-bond donors (Lipinski definition) is 1. The number of amides is 1. The van der Waals surface area contributed by atoms with E-state index in [9.17, 15) is 14.9 Å². The van der Waals surface area contributed by atoms with Crippen LogP contribution in [0.3, 0.4) is 0 Å². The number of carbonyl (C=O) groups excluding carboxylic acids is 1. The lowest BCUT2D eigenvalue weighted by Crippen LogP contribution is -2.26. The minimum Gasteiger partial charge on any atom is -0.351 e. The molecular formula is C10H11ClN2O3. The van der Waals surface area contributed by atoms with Gasteiger partial charge < -0.3 is 5.32 Å². The highest BCUT2D eigenvalue weighted by Gasteiger charge is 2.21. The van der Waals surface area contributed by atoms with Gasteiger partial charge in [0.25, 0.3) is 11.6 Å². The van der Waals surface area contributed by atoms with E-state index in [1.165, 1.54) is 6.07 Å². The van der Waals surface area contributed by atoms with Crippen molar-refractivity contribution in [2.24, 2.45) is 0 Å². The van der Waals surface area contributed by atoms with Crippen LogP contribution in [0.5, 0.6) is 0 Å². The third kappa shape index (κ3) is 2.70. The lowest BCUT2D eigenvalue weighted by atomic mass is 10.1. The lowest BCUT2D eigenvalue weighted by Gasteiger charge is -2.05. The van der Waals surface area contributed by atoms with Crippen LogP contribution in [0.2, 0.25) is 0 Å². The molecule has 1 amide bonds. The van der Waals surface area contributed by atoms with Crippen molar-refractivity contribution in [2.75, 3.05) is 12.4 Å². The predicted molar refractivity (Wildman–Crippen MR) is 60.9 cm³/mol. The van der Waals surface area contributed by atoms with Crippen molar-refractivity contribution in [3.8, 4) is 0 Å². The van der Waals surface area contributed by atoms with Crippen molar-refractivity contribution >= 4 is 23.2 Å². The van der Waals surface area contributed by atoms with Crippen molar-refractivity contribution in [1.29, 1.82) is 0 Å². The minimum atomic E-state index is -0.551. The van der Waals surface area contributed by atoms with Crippen LogP contribution in [0.15, 0.2) is 18.2 Å². The Labute approximate surface area is 97.6 Å². The van der Waals surface area contributed by atoms with Gasteiger partial charge in [-0.2, -0.15) is 0 Å². The summed E-state index contributed by atoms with van der Waals surface area (Å²) in [6.45, 7) is 1.88. The summed E-state index contributed by atoms with van der Waals surface area (Å²) in [4.78, 5) is 21.9. The number of nitrogens with zero attached hydrogens (tertiary/aromatic N) is 1. The molecule has 1 rings (SSSR count). The van der Waals surface area contributed by atoms with Crippen molar-refractivity contribution < 1.29 is 9.72 Å². The van der Waals surface area contributed by atoms with Crippen LogP contribution in [-0.2, 0) is 0 Å². The van der Waals surface area contributed by atoms with Crippen LogP contribution >= 0.6 is 11.6 Å². The molecule has 1 aromatic carbocycles. The van der Waals surface area contributed by atoms with Crippen LogP contribution < -0.4 is 5.32 Å². The molecule has 0 saturated carbocycles. The second-order valence-electron chi connectivity index (χ2n) is 3.17.